The van der Waals surface area contributed by atoms with Crippen LogP contribution in [0.15, 0.2) is 34.2 Å². The summed E-state index contributed by atoms with van der Waals surface area (Å²) < 4.78 is 5.90. The van der Waals surface area contributed by atoms with Crippen molar-refractivity contribution < 1.29 is 9.53 Å². The molecule has 16 heavy (non-hydrogen) atoms. The lowest BCUT2D eigenvalue weighted by molar-refractivity contribution is 0.103. The van der Waals surface area contributed by atoms with E-state index in [0.29, 0.717) is 16.3 Å². The topological polar surface area (TPSA) is 39.2 Å². The van der Waals surface area contributed by atoms with Crippen molar-refractivity contribution in [3.05, 3.63) is 44.8 Å². The van der Waals surface area contributed by atoms with Crippen molar-refractivity contribution in [2.75, 3.05) is 7.11 Å². The Morgan fingerprint density at radius 1 is 1.50 bits per heavy atom. The number of rotatable bonds is 3. The summed E-state index contributed by atoms with van der Waals surface area (Å²) in [5, 5.41) is 1.85. The van der Waals surface area contributed by atoms with Crippen LogP contribution in [0.1, 0.15) is 15.4 Å². The molecule has 0 radical (unpaired) electrons. The van der Waals surface area contributed by atoms with Gasteiger partial charge in [0.15, 0.2) is 5.69 Å². The van der Waals surface area contributed by atoms with Crippen molar-refractivity contribution in [3.63, 3.8) is 0 Å². The molecule has 0 N–H and O–H groups in total. The van der Waals surface area contributed by atoms with Crippen molar-refractivity contribution in [1.29, 1.82) is 0 Å². The van der Waals surface area contributed by atoms with Gasteiger partial charge in [-0.1, -0.05) is 0 Å². The maximum Gasteiger partial charge on any atom is 0.226 e. The van der Waals surface area contributed by atoms with Crippen LogP contribution < -0.4 is 4.74 Å². The number of methoxy groups -OCH3 is 1. The van der Waals surface area contributed by atoms with Gasteiger partial charge in [0.1, 0.15) is 5.75 Å². The number of carbonyl (C=O) groups is 1. The minimum Gasteiger partial charge on any atom is -0.494 e. The average Bonchev–Trinajstić information content (AvgIpc) is 2.74. The third-order valence-corrected chi connectivity index (χ3v) is 3.87. The van der Waals surface area contributed by atoms with E-state index in [1.807, 2.05) is 11.4 Å². The second-order valence-electron chi connectivity index (χ2n) is 2.98. The molecule has 0 unspecified atom stereocenters. The molecule has 5 heteroatoms. The van der Waals surface area contributed by atoms with Crippen LogP contribution in [0.4, 0.5) is 0 Å². The molecular weight excluding hydrogens is 290 g/mol. The first-order valence-electron chi connectivity index (χ1n) is 4.50. The van der Waals surface area contributed by atoms with Crippen molar-refractivity contribution in [2.24, 2.45) is 0 Å². The molecule has 0 bridgehead atoms. The van der Waals surface area contributed by atoms with Crippen molar-refractivity contribution in [1.82, 2.24) is 4.98 Å². The number of thiophene rings is 1. The van der Waals surface area contributed by atoms with Gasteiger partial charge in [0.2, 0.25) is 5.78 Å². The molecule has 0 aliphatic heterocycles. The molecule has 0 spiro atoms. The van der Waals surface area contributed by atoms with Crippen molar-refractivity contribution >= 4 is 33.0 Å². The van der Waals surface area contributed by atoms with E-state index >= 15 is 0 Å². The summed E-state index contributed by atoms with van der Waals surface area (Å²) in [7, 11) is 1.53. The highest BCUT2D eigenvalue weighted by atomic mass is 79.9. The molecule has 0 amide bonds. The molecule has 0 aliphatic rings. The van der Waals surface area contributed by atoms with E-state index in [0.717, 1.165) is 4.47 Å². The quantitative estimate of drug-likeness (QED) is 0.817. The zero-order chi connectivity index (χ0) is 11.5. The van der Waals surface area contributed by atoms with E-state index in [1.54, 1.807) is 18.3 Å². The van der Waals surface area contributed by atoms with Crippen LogP contribution in [-0.4, -0.2) is 17.9 Å². The highest BCUT2D eigenvalue weighted by Crippen LogP contribution is 2.27. The van der Waals surface area contributed by atoms with Gasteiger partial charge in [-0.2, -0.15) is 0 Å². The predicted octanol–water partition coefficient (Wildman–Crippen LogP) is 3.15. The average molecular weight is 298 g/mol. The van der Waals surface area contributed by atoms with Crippen LogP contribution >= 0.6 is 27.3 Å². The smallest absolute Gasteiger partial charge is 0.226 e. The van der Waals surface area contributed by atoms with E-state index in [-0.39, 0.29) is 5.78 Å². The van der Waals surface area contributed by atoms with E-state index in [4.69, 9.17) is 4.74 Å². The third kappa shape index (κ3) is 2.01. The van der Waals surface area contributed by atoms with Gasteiger partial charge in [0.05, 0.1) is 12.0 Å². The first-order chi connectivity index (χ1) is 7.74. The Labute approximate surface area is 105 Å². The van der Waals surface area contributed by atoms with Crippen LogP contribution in [0.2, 0.25) is 0 Å². The van der Waals surface area contributed by atoms with Crippen LogP contribution in [-0.2, 0) is 0 Å². The molecule has 2 rings (SSSR count). The summed E-state index contributed by atoms with van der Waals surface area (Å²) in [5.74, 6) is 0.368. The summed E-state index contributed by atoms with van der Waals surface area (Å²) in [6.45, 7) is 0. The van der Waals surface area contributed by atoms with Crippen LogP contribution in [0.3, 0.4) is 0 Å². The zero-order valence-electron chi connectivity index (χ0n) is 8.44. The number of hydrogen-bond acceptors (Lipinski definition) is 4. The van der Waals surface area contributed by atoms with Gasteiger partial charge in [-0.15, -0.1) is 11.3 Å². The fourth-order valence-electron chi connectivity index (χ4n) is 1.29. The second kappa shape index (κ2) is 4.76. The lowest BCUT2D eigenvalue weighted by Gasteiger charge is -2.04. The molecule has 3 nitrogen and oxygen atoms in total. The van der Waals surface area contributed by atoms with Gasteiger partial charge in [-0.05, 0) is 39.5 Å². The predicted molar refractivity (Wildman–Crippen MR) is 66.2 cm³/mol. The van der Waals surface area contributed by atoms with E-state index < -0.39 is 0 Å². The van der Waals surface area contributed by atoms with Gasteiger partial charge in [-0.25, -0.2) is 4.98 Å². The molecule has 2 heterocycles. The first-order valence-corrected chi connectivity index (χ1v) is 6.18. The van der Waals surface area contributed by atoms with E-state index in [1.165, 1.54) is 18.4 Å². The highest BCUT2D eigenvalue weighted by Gasteiger charge is 2.18. The third-order valence-electron chi connectivity index (χ3n) is 2.03. The monoisotopic (exact) mass is 297 g/mol. The highest BCUT2D eigenvalue weighted by molar-refractivity contribution is 9.10. The summed E-state index contributed by atoms with van der Waals surface area (Å²) in [5.41, 5.74) is 0.341. The molecule has 0 atom stereocenters. The standard InChI is InChI=1S/C11H8BrNO2S/c1-15-8-3-2-5-13-9(8)10(14)11-7(12)4-6-16-11/h2-6H,1H3. The molecular formula is C11H8BrNO2S. The van der Waals surface area contributed by atoms with Gasteiger partial charge < -0.3 is 4.74 Å². The molecule has 82 valence electrons. The zero-order valence-corrected chi connectivity index (χ0v) is 10.8. The van der Waals surface area contributed by atoms with Crippen LogP contribution in [0.25, 0.3) is 0 Å². The molecule has 0 fully saturated rings. The molecule has 2 aromatic rings. The maximum absolute atomic E-state index is 12.1. The Balaban J connectivity index is 2.46. The van der Waals surface area contributed by atoms with Crippen molar-refractivity contribution in [3.8, 4) is 5.75 Å². The first kappa shape index (κ1) is 11.3. The number of ketones is 1. The number of halogens is 1. The number of pyridine rings is 1. The van der Waals surface area contributed by atoms with Gasteiger partial charge in [-0.3, -0.25) is 4.79 Å². The normalized spacial score (nSPS) is 10.1. The SMILES string of the molecule is COc1cccnc1C(=O)c1sccc1Br. The molecule has 0 aromatic carbocycles. The Kier molecular flexibility index (Phi) is 3.36. The number of aromatic nitrogens is 1. The fourth-order valence-corrected chi connectivity index (χ4v) is 2.78. The Morgan fingerprint density at radius 3 is 2.94 bits per heavy atom. The Bertz CT molecular complexity index is 524. The maximum atomic E-state index is 12.1. The van der Waals surface area contributed by atoms with Gasteiger partial charge >= 0.3 is 0 Å². The largest absolute Gasteiger partial charge is 0.494 e. The van der Waals surface area contributed by atoms with Crippen LogP contribution in [0, 0.1) is 0 Å². The summed E-state index contributed by atoms with van der Waals surface area (Å²) in [6.07, 6.45) is 1.58. The lowest BCUT2D eigenvalue weighted by Crippen LogP contribution is -2.05. The number of ether oxygens (including phenoxy) is 1. The van der Waals surface area contributed by atoms with E-state index in [9.17, 15) is 4.79 Å². The van der Waals surface area contributed by atoms with Gasteiger partial charge in [0, 0.05) is 10.7 Å². The Hall–Kier alpha value is -1.20. The summed E-state index contributed by atoms with van der Waals surface area (Å²) in [4.78, 5) is 16.8. The minimum absolute atomic E-state index is 0.126. The minimum atomic E-state index is -0.126. The lowest BCUT2D eigenvalue weighted by atomic mass is 10.2. The number of hydrogen-bond donors (Lipinski definition) is 0. The van der Waals surface area contributed by atoms with E-state index in [2.05, 4.69) is 20.9 Å². The number of nitrogens with zero attached hydrogens (tertiary/aromatic N) is 1. The molecule has 0 aliphatic carbocycles. The van der Waals surface area contributed by atoms with Crippen LogP contribution in [0.5, 0.6) is 5.75 Å². The van der Waals surface area contributed by atoms with Gasteiger partial charge in [0.25, 0.3) is 0 Å². The molecule has 0 saturated heterocycles. The summed E-state index contributed by atoms with van der Waals surface area (Å²) in [6, 6.07) is 5.30. The van der Waals surface area contributed by atoms with Crippen molar-refractivity contribution in [2.45, 2.75) is 0 Å². The number of carbonyl (C=O) groups excluding carboxylic acids is 1. The molecule has 2 aromatic heterocycles. The summed E-state index contributed by atoms with van der Waals surface area (Å²) >= 11 is 4.71. The second-order valence-corrected chi connectivity index (χ2v) is 4.75. The Morgan fingerprint density at radius 2 is 2.31 bits per heavy atom. The molecule has 0 saturated carbocycles. The fraction of sp³-hybridized carbons (Fsp3) is 0.0909.